The van der Waals surface area contributed by atoms with E-state index in [0.717, 1.165) is 6.42 Å². The molecule has 0 amide bonds. The van der Waals surface area contributed by atoms with Crippen molar-refractivity contribution in [3.8, 4) is 11.1 Å². The molecule has 0 unspecified atom stereocenters. The Balaban J connectivity index is 1.73. The summed E-state index contributed by atoms with van der Waals surface area (Å²) in [5.41, 5.74) is 7.39. The third-order valence-corrected chi connectivity index (χ3v) is 6.12. The maximum atomic E-state index is 3.79. The molecule has 0 atom stereocenters. The normalized spacial score (nSPS) is 12.3. The fourth-order valence-corrected chi connectivity index (χ4v) is 4.61. The monoisotopic (exact) mass is 434 g/mol. The first-order chi connectivity index (χ1) is 11.2. The van der Waals surface area contributed by atoms with E-state index < -0.39 is 0 Å². The quantitative estimate of drug-likeness (QED) is 0.333. The zero-order valence-corrected chi connectivity index (χ0v) is 17.0. The molecule has 0 nitrogen and oxygen atoms in total. The molecule has 1 aliphatic rings. The number of halogens is 2. The Bertz CT molecular complexity index is 688. The number of benzene rings is 2. The molecule has 0 radical (unpaired) electrons. The fraction of sp³-hybridized carbons (Fsp3) is 0.429. The summed E-state index contributed by atoms with van der Waals surface area (Å²) < 4.78 is 2.47. The second-order valence-corrected chi connectivity index (χ2v) is 8.32. The summed E-state index contributed by atoms with van der Waals surface area (Å²) in [5.74, 6) is 0. The summed E-state index contributed by atoms with van der Waals surface area (Å²) in [6, 6.07) is 11.2. The second-order valence-electron chi connectivity index (χ2n) is 6.55. The molecule has 0 bridgehead atoms. The van der Waals surface area contributed by atoms with Crippen LogP contribution in [0.3, 0.4) is 0 Å². The summed E-state index contributed by atoms with van der Waals surface area (Å²) in [7, 11) is 0. The van der Waals surface area contributed by atoms with Crippen LogP contribution in [0, 0.1) is 0 Å². The molecule has 1 aliphatic carbocycles. The summed E-state index contributed by atoms with van der Waals surface area (Å²) in [5, 5.41) is 0. The Kier molecular flexibility index (Phi) is 5.98. The largest absolute Gasteiger partial charge is 0.0654 e. The van der Waals surface area contributed by atoms with Gasteiger partial charge in [0.25, 0.3) is 0 Å². The second kappa shape index (κ2) is 7.98. The van der Waals surface area contributed by atoms with Crippen molar-refractivity contribution in [2.75, 3.05) is 0 Å². The third kappa shape index (κ3) is 3.91. The minimum atomic E-state index is 1.08. The van der Waals surface area contributed by atoms with Crippen LogP contribution in [0.15, 0.2) is 39.3 Å². The van der Waals surface area contributed by atoms with Crippen molar-refractivity contribution in [2.24, 2.45) is 0 Å². The van der Waals surface area contributed by atoms with Gasteiger partial charge in [-0.25, -0.2) is 0 Å². The molecule has 0 fully saturated rings. The van der Waals surface area contributed by atoms with E-state index >= 15 is 0 Å². The van der Waals surface area contributed by atoms with Crippen molar-refractivity contribution in [3.05, 3.63) is 56.0 Å². The van der Waals surface area contributed by atoms with Crippen molar-refractivity contribution >= 4 is 31.9 Å². The third-order valence-electron chi connectivity index (χ3n) is 4.88. The Morgan fingerprint density at radius 3 is 2.43 bits per heavy atom. The van der Waals surface area contributed by atoms with Gasteiger partial charge in [-0.3, -0.25) is 0 Å². The van der Waals surface area contributed by atoms with Gasteiger partial charge in [-0.1, -0.05) is 83.0 Å². The van der Waals surface area contributed by atoms with E-state index in [9.17, 15) is 0 Å². The molecule has 0 aliphatic heterocycles. The predicted molar refractivity (Wildman–Crippen MR) is 107 cm³/mol. The van der Waals surface area contributed by atoms with Crippen molar-refractivity contribution in [1.29, 1.82) is 0 Å². The number of unbranched alkanes of at least 4 members (excludes halogenated alkanes) is 5. The lowest BCUT2D eigenvalue weighted by molar-refractivity contribution is 0.606. The SMILES string of the molecule is CCCCCCCCc1c(Br)ccc2c1Cc1cc(Br)ccc1-2. The number of hydrogen-bond acceptors (Lipinski definition) is 0. The zero-order chi connectivity index (χ0) is 16.2. The first kappa shape index (κ1) is 17.2. The molecule has 2 heteroatoms. The lowest BCUT2D eigenvalue weighted by Gasteiger charge is -2.11. The van der Waals surface area contributed by atoms with Gasteiger partial charge in [-0.15, -0.1) is 0 Å². The lowest BCUT2D eigenvalue weighted by Crippen LogP contribution is -1.95. The molecular weight excluding hydrogens is 412 g/mol. The van der Waals surface area contributed by atoms with Crippen LogP contribution in [-0.2, 0) is 12.8 Å². The Hall–Kier alpha value is -0.600. The highest BCUT2D eigenvalue weighted by Crippen LogP contribution is 2.42. The molecular formula is C21H24Br2. The van der Waals surface area contributed by atoms with Crippen LogP contribution >= 0.6 is 31.9 Å². The average Bonchev–Trinajstić information content (AvgIpc) is 2.90. The zero-order valence-electron chi connectivity index (χ0n) is 13.8. The van der Waals surface area contributed by atoms with Crippen LogP contribution < -0.4 is 0 Å². The Morgan fingerprint density at radius 1 is 0.870 bits per heavy atom. The maximum Gasteiger partial charge on any atom is 0.0210 e. The average molecular weight is 436 g/mol. The van der Waals surface area contributed by atoms with Crippen molar-refractivity contribution in [2.45, 2.75) is 58.3 Å². The minimum absolute atomic E-state index is 1.08. The highest BCUT2D eigenvalue weighted by atomic mass is 79.9. The lowest BCUT2D eigenvalue weighted by atomic mass is 9.96. The number of fused-ring (bicyclic) bond motifs is 3. The van der Waals surface area contributed by atoms with E-state index in [4.69, 9.17) is 0 Å². The van der Waals surface area contributed by atoms with Crippen molar-refractivity contribution < 1.29 is 0 Å². The first-order valence-corrected chi connectivity index (χ1v) is 10.4. The summed E-state index contributed by atoms with van der Waals surface area (Å²) in [4.78, 5) is 0. The van der Waals surface area contributed by atoms with Crippen molar-refractivity contribution in [3.63, 3.8) is 0 Å². The predicted octanol–water partition coefficient (Wildman–Crippen LogP) is 7.69. The van der Waals surface area contributed by atoms with Gasteiger partial charge < -0.3 is 0 Å². The summed E-state index contributed by atoms with van der Waals surface area (Å²) in [6.07, 6.45) is 10.4. The Labute approximate surface area is 157 Å². The summed E-state index contributed by atoms with van der Waals surface area (Å²) >= 11 is 7.40. The van der Waals surface area contributed by atoms with Gasteiger partial charge in [-0.05, 0) is 65.3 Å². The van der Waals surface area contributed by atoms with E-state index in [1.807, 2.05) is 0 Å². The van der Waals surface area contributed by atoms with Gasteiger partial charge in [0.05, 0.1) is 0 Å². The molecule has 0 heterocycles. The number of hydrogen-bond donors (Lipinski definition) is 0. The van der Waals surface area contributed by atoms with E-state index in [2.05, 4.69) is 69.1 Å². The van der Waals surface area contributed by atoms with Crippen LogP contribution in [0.2, 0.25) is 0 Å². The van der Waals surface area contributed by atoms with Gasteiger partial charge in [0.15, 0.2) is 0 Å². The van der Waals surface area contributed by atoms with Crippen LogP contribution in [-0.4, -0.2) is 0 Å². The molecule has 2 aromatic carbocycles. The van der Waals surface area contributed by atoms with Gasteiger partial charge >= 0.3 is 0 Å². The molecule has 0 N–H and O–H groups in total. The van der Waals surface area contributed by atoms with Crippen LogP contribution in [0.1, 0.15) is 62.1 Å². The smallest absolute Gasteiger partial charge is 0.0210 e. The van der Waals surface area contributed by atoms with E-state index in [1.165, 1.54) is 76.1 Å². The van der Waals surface area contributed by atoms with Crippen molar-refractivity contribution in [1.82, 2.24) is 0 Å². The first-order valence-electron chi connectivity index (χ1n) is 8.79. The summed E-state index contributed by atoms with van der Waals surface area (Å²) in [6.45, 7) is 2.28. The van der Waals surface area contributed by atoms with E-state index in [0.29, 0.717) is 0 Å². The molecule has 0 spiro atoms. The number of rotatable bonds is 7. The molecule has 2 aromatic rings. The standard InChI is InChI=1S/C21H24Br2/c1-2-3-4-5-6-7-8-19-20-14-15-13-16(22)9-10-17(15)18(20)11-12-21(19)23/h9-13H,2-8,14H2,1H3. The minimum Gasteiger partial charge on any atom is -0.0654 e. The fourth-order valence-electron chi connectivity index (χ4n) is 3.63. The Morgan fingerprint density at radius 2 is 1.61 bits per heavy atom. The van der Waals surface area contributed by atoms with Crippen LogP contribution in [0.5, 0.6) is 0 Å². The van der Waals surface area contributed by atoms with Gasteiger partial charge in [-0.2, -0.15) is 0 Å². The molecule has 3 rings (SSSR count). The highest BCUT2D eigenvalue weighted by molar-refractivity contribution is 9.10. The molecule has 0 aromatic heterocycles. The maximum absolute atomic E-state index is 3.79. The van der Waals surface area contributed by atoms with E-state index in [1.54, 1.807) is 5.56 Å². The van der Waals surface area contributed by atoms with Gasteiger partial charge in [0.2, 0.25) is 0 Å². The van der Waals surface area contributed by atoms with Gasteiger partial charge in [0, 0.05) is 8.95 Å². The highest BCUT2D eigenvalue weighted by Gasteiger charge is 2.22. The van der Waals surface area contributed by atoms with Crippen LogP contribution in [0.25, 0.3) is 11.1 Å². The molecule has 23 heavy (non-hydrogen) atoms. The van der Waals surface area contributed by atoms with Crippen LogP contribution in [0.4, 0.5) is 0 Å². The topological polar surface area (TPSA) is 0 Å². The molecule has 0 saturated heterocycles. The molecule has 0 saturated carbocycles. The van der Waals surface area contributed by atoms with Gasteiger partial charge in [0.1, 0.15) is 0 Å². The molecule has 122 valence electrons. The van der Waals surface area contributed by atoms with E-state index in [-0.39, 0.29) is 0 Å².